The molecule has 3 rings (SSSR count). The van der Waals surface area contributed by atoms with E-state index in [0.29, 0.717) is 22.2 Å². The molecular weight excluding hydrogens is 382 g/mol. The number of likely N-dealkylation sites (N-methyl/N-ethyl adjacent to an activating group) is 1. The third-order valence-corrected chi connectivity index (χ3v) is 5.60. The topological polar surface area (TPSA) is 73.2 Å². The van der Waals surface area contributed by atoms with Gasteiger partial charge in [-0.1, -0.05) is 53.7 Å². The zero-order valence-electron chi connectivity index (χ0n) is 14.5. The van der Waals surface area contributed by atoms with Crippen LogP contribution in [0, 0.1) is 11.3 Å². The van der Waals surface area contributed by atoms with Crippen molar-refractivity contribution >= 4 is 40.9 Å². The van der Waals surface area contributed by atoms with Crippen LogP contribution in [0.1, 0.15) is 5.56 Å². The van der Waals surface area contributed by atoms with Crippen LogP contribution in [0.4, 0.5) is 5.69 Å². The molecule has 136 valence electrons. The van der Waals surface area contributed by atoms with Gasteiger partial charge in [-0.15, -0.1) is 0 Å². The lowest BCUT2D eigenvalue weighted by molar-refractivity contribution is -0.117. The average molecular weight is 398 g/mol. The molecule has 1 aliphatic rings. The molecule has 1 atom stereocenters. The van der Waals surface area contributed by atoms with Crippen LogP contribution in [0.3, 0.4) is 0 Å². The number of amides is 2. The molecular formula is C20H16ClN3O2S. The SMILES string of the molecule is CNC(=O)/C(C#N)=C1/S[C@@H](Cc2ccc(Cl)cc2)C(=O)N1c1ccccc1. The van der Waals surface area contributed by atoms with Gasteiger partial charge in [0.15, 0.2) is 0 Å². The summed E-state index contributed by atoms with van der Waals surface area (Å²) < 4.78 is 0. The van der Waals surface area contributed by atoms with E-state index in [1.165, 1.54) is 23.7 Å². The quantitative estimate of drug-likeness (QED) is 0.632. The van der Waals surface area contributed by atoms with Crippen LogP contribution < -0.4 is 10.2 Å². The minimum Gasteiger partial charge on any atom is -0.354 e. The van der Waals surface area contributed by atoms with Gasteiger partial charge in [0.2, 0.25) is 5.91 Å². The molecule has 1 aliphatic heterocycles. The Balaban J connectivity index is 2.02. The van der Waals surface area contributed by atoms with E-state index in [1.54, 1.807) is 24.3 Å². The van der Waals surface area contributed by atoms with Gasteiger partial charge in [-0.05, 0) is 36.2 Å². The Labute approximate surface area is 166 Å². The predicted molar refractivity (Wildman–Crippen MR) is 107 cm³/mol. The molecule has 1 saturated heterocycles. The smallest absolute Gasteiger partial charge is 0.264 e. The second-order valence-corrected chi connectivity index (χ2v) is 7.45. The molecule has 0 bridgehead atoms. The monoisotopic (exact) mass is 397 g/mol. The molecule has 2 aromatic rings. The highest BCUT2D eigenvalue weighted by Gasteiger charge is 2.40. The molecule has 0 spiro atoms. The van der Waals surface area contributed by atoms with E-state index in [9.17, 15) is 14.9 Å². The van der Waals surface area contributed by atoms with E-state index in [-0.39, 0.29) is 11.5 Å². The molecule has 27 heavy (non-hydrogen) atoms. The van der Waals surface area contributed by atoms with Crippen molar-refractivity contribution in [1.29, 1.82) is 5.26 Å². The first-order valence-corrected chi connectivity index (χ1v) is 9.47. The van der Waals surface area contributed by atoms with Gasteiger partial charge in [0.05, 0.1) is 5.25 Å². The lowest BCUT2D eigenvalue weighted by atomic mass is 10.1. The fraction of sp³-hybridized carbons (Fsp3) is 0.150. The molecule has 7 heteroatoms. The number of anilines is 1. The molecule has 2 amide bonds. The van der Waals surface area contributed by atoms with Crippen molar-refractivity contribution in [3.05, 3.63) is 75.8 Å². The summed E-state index contributed by atoms with van der Waals surface area (Å²) in [6.07, 6.45) is 0.472. The second-order valence-electron chi connectivity index (χ2n) is 5.82. The number of nitriles is 1. The Morgan fingerprint density at radius 2 is 1.89 bits per heavy atom. The summed E-state index contributed by atoms with van der Waals surface area (Å²) in [6, 6.07) is 18.3. The number of rotatable bonds is 4. The van der Waals surface area contributed by atoms with Gasteiger partial charge in [-0.2, -0.15) is 5.26 Å². The Bertz CT molecular complexity index is 936. The number of hydrogen-bond acceptors (Lipinski definition) is 4. The van der Waals surface area contributed by atoms with Crippen molar-refractivity contribution in [3.63, 3.8) is 0 Å². The Hall–Kier alpha value is -2.75. The standard InChI is InChI=1S/C20H16ClN3O2S/c1-23-18(25)16(12-22)20-24(15-5-3-2-4-6-15)19(26)17(27-20)11-13-7-9-14(21)10-8-13/h2-10,17H,11H2,1H3,(H,23,25)/b20-16+/t17-/m0/s1. The van der Waals surface area contributed by atoms with Crippen LogP contribution in [0.25, 0.3) is 0 Å². The van der Waals surface area contributed by atoms with E-state index < -0.39 is 11.2 Å². The Morgan fingerprint density at radius 3 is 2.48 bits per heavy atom. The number of nitrogens with one attached hydrogen (secondary N) is 1. The molecule has 1 heterocycles. The van der Waals surface area contributed by atoms with E-state index in [1.807, 2.05) is 36.4 Å². The summed E-state index contributed by atoms with van der Waals surface area (Å²) in [5, 5.41) is 12.5. The normalized spacial score (nSPS) is 18.2. The van der Waals surface area contributed by atoms with Crippen LogP contribution in [-0.2, 0) is 16.0 Å². The Morgan fingerprint density at radius 1 is 1.22 bits per heavy atom. The van der Waals surface area contributed by atoms with Gasteiger partial charge in [0, 0.05) is 17.8 Å². The number of thioether (sulfide) groups is 1. The minimum atomic E-state index is -0.513. The number of nitrogens with zero attached hydrogens (tertiary/aromatic N) is 2. The predicted octanol–water partition coefficient (Wildman–Crippen LogP) is 3.51. The van der Waals surface area contributed by atoms with Crippen LogP contribution in [-0.4, -0.2) is 24.1 Å². The maximum Gasteiger partial charge on any atom is 0.264 e. The van der Waals surface area contributed by atoms with Gasteiger partial charge < -0.3 is 5.32 Å². The molecule has 1 N–H and O–H groups in total. The summed E-state index contributed by atoms with van der Waals surface area (Å²) in [7, 11) is 1.46. The number of halogens is 1. The molecule has 0 unspecified atom stereocenters. The number of carbonyl (C=O) groups is 2. The molecule has 0 radical (unpaired) electrons. The average Bonchev–Trinajstić information content (AvgIpc) is 3.00. The summed E-state index contributed by atoms with van der Waals surface area (Å²) in [6.45, 7) is 0. The lowest BCUT2D eigenvalue weighted by Gasteiger charge is -2.18. The highest BCUT2D eigenvalue weighted by molar-refractivity contribution is 8.05. The highest BCUT2D eigenvalue weighted by Crippen LogP contribution is 2.41. The maximum absolute atomic E-state index is 13.1. The van der Waals surface area contributed by atoms with E-state index in [2.05, 4.69) is 5.32 Å². The number of benzene rings is 2. The van der Waals surface area contributed by atoms with Crippen LogP contribution >= 0.6 is 23.4 Å². The van der Waals surface area contributed by atoms with Crippen LogP contribution in [0.5, 0.6) is 0 Å². The lowest BCUT2D eigenvalue weighted by Crippen LogP contribution is -2.31. The zero-order valence-corrected chi connectivity index (χ0v) is 16.1. The molecule has 5 nitrogen and oxygen atoms in total. The van der Waals surface area contributed by atoms with Crippen molar-refractivity contribution < 1.29 is 9.59 Å². The van der Waals surface area contributed by atoms with Crippen molar-refractivity contribution in [2.24, 2.45) is 0 Å². The van der Waals surface area contributed by atoms with Gasteiger partial charge >= 0.3 is 0 Å². The van der Waals surface area contributed by atoms with Gasteiger partial charge in [-0.25, -0.2) is 0 Å². The second kappa shape index (κ2) is 8.30. The third-order valence-electron chi connectivity index (χ3n) is 4.08. The molecule has 1 fully saturated rings. The number of para-hydroxylation sites is 1. The van der Waals surface area contributed by atoms with E-state index in [0.717, 1.165) is 5.56 Å². The first-order chi connectivity index (χ1) is 13.0. The van der Waals surface area contributed by atoms with E-state index in [4.69, 9.17) is 11.6 Å². The first kappa shape index (κ1) is 19.0. The maximum atomic E-state index is 13.1. The van der Waals surface area contributed by atoms with Crippen LogP contribution in [0.2, 0.25) is 5.02 Å². The molecule has 0 aliphatic carbocycles. The number of hydrogen-bond donors (Lipinski definition) is 1. The van der Waals surface area contributed by atoms with E-state index >= 15 is 0 Å². The summed E-state index contributed by atoms with van der Waals surface area (Å²) >= 11 is 7.16. The third kappa shape index (κ3) is 4.00. The van der Waals surface area contributed by atoms with Gasteiger partial charge in [0.25, 0.3) is 5.91 Å². The number of carbonyl (C=O) groups excluding carboxylic acids is 2. The minimum absolute atomic E-state index is 0.0710. The fourth-order valence-electron chi connectivity index (χ4n) is 2.76. The van der Waals surface area contributed by atoms with Crippen molar-refractivity contribution in [3.8, 4) is 6.07 Å². The van der Waals surface area contributed by atoms with Crippen molar-refractivity contribution in [2.45, 2.75) is 11.7 Å². The van der Waals surface area contributed by atoms with Gasteiger partial charge in [0.1, 0.15) is 16.7 Å². The van der Waals surface area contributed by atoms with Crippen molar-refractivity contribution in [1.82, 2.24) is 5.32 Å². The summed E-state index contributed by atoms with van der Waals surface area (Å²) in [4.78, 5) is 26.7. The fourth-order valence-corrected chi connectivity index (χ4v) is 4.19. The summed E-state index contributed by atoms with van der Waals surface area (Å²) in [5.74, 6) is -0.673. The molecule has 2 aromatic carbocycles. The first-order valence-electron chi connectivity index (χ1n) is 8.21. The molecule has 0 aromatic heterocycles. The zero-order chi connectivity index (χ0) is 19.4. The molecule has 0 saturated carbocycles. The largest absolute Gasteiger partial charge is 0.354 e. The van der Waals surface area contributed by atoms with Crippen molar-refractivity contribution in [2.75, 3.05) is 11.9 Å². The summed E-state index contributed by atoms with van der Waals surface area (Å²) in [5.41, 5.74) is 1.51. The van der Waals surface area contributed by atoms with Crippen LogP contribution in [0.15, 0.2) is 65.2 Å². The Kier molecular flexibility index (Phi) is 5.84. The highest BCUT2D eigenvalue weighted by atomic mass is 35.5. The van der Waals surface area contributed by atoms with Gasteiger partial charge in [-0.3, -0.25) is 14.5 Å².